The summed E-state index contributed by atoms with van der Waals surface area (Å²) >= 11 is 1.01. The fourth-order valence-corrected chi connectivity index (χ4v) is 3.46. The highest BCUT2D eigenvalue weighted by atomic mass is 127. The number of halogens is 4. The predicted molar refractivity (Wildman–Crippen MR) is 120 cm³/mol. The third-order valence-electron chi connectivity index (χ3n) is 4.02. The standard InChI is InChI=1S/C18H21F3N6S.HI/c1-22-17(24-10-8-16-27-14(11-28-16)18(19,20)21)23-9-4-7-15-25-12-5-2-3-6-13(12)26-15;/h2-3,5-6,11H,4,7-10H2,1H3,(H,25,26)(H2,22,23,24);1H. The SMILES string of the molecule is CN=C(NCCCc1nc2ccccc2[nH]1)NCCc1nc(C(F)(F)F)cs1.I. The monoisotopic (exact) mass is 538 g/mol. The molecule has 2 heterocycles. The number of guanidine groups is 1. The lowest BCUT2D eigenvalue weighted by Gasteiger charge is -2.10. The highest BCUT2D eigenvalue weighted by Gasteiger charge is 2.33. The molecule has 0 bridgehead atoms. The topological polar surface area (TPSA) is 78.0 Å². The molecule has 0 aliphatic rings. The Labute approximate surface area is 187 Å². The van der Waals surface area contributed by atoms with Crippen LogP contribution in [-0.2, 0) is 19.0 Å². The quantitative estimate of drug-likeness (QED) is 0.184. The average Bonchev–Trinajstić information content (AvgIpc) is 3.30. The van der Waals surface area contributed by atoms with Crippen LogP contribution in [0.15, 0.2) is 34.6 Å². The largest absolute Gasteiger partial charge is 0.434 e. The molecule has 11 heteroatoms. The lowest BCUT2D eigenvalue weighted by molar-refractivity contribution is -0.140. The van der Waals surface area contributed by atoms with Crippen molar-refractivity contribution in [2.24, 2.45) is 4.99 Å². The van der Waals surface area contributed by atoms with E-state index in [4.69, 9.17) is 0 Å². The van der Waals surface area contributed by atoms with Gasteiger partial charge in [-0.25, -0.2) is 9.97 Å². The van der Waals surface area contributed by atoms with Gasteiger partial charge < -0.3 is 15.6 Å². The molecule has 29 heavy (non-hydrogen) atoms. The van der Waals surface area contributed by atoms with E-state index in [1.165, 1.54) is 0 Å². The normalized spacial score (nSPS) is 12.1. The van der Waals surface area contributed by atoms with Crippen molar-refractivity contribution in [3.05, 3.63) is 46.2 Å². The minimum Gasteiger partial charge on any atom is -0.356 e. The second-order valence-corrected chi connectivity index (χ2v) is 7.05. The Bertz CT molecular complexity index is 904. The van der Waals surface area contributed by atoms with Gasteiger partial charge in [-0.05, 0) is 18.6 Å². The maximum atomic E-state index is 12.6. The Kier molecular flexibility index (Phi) is 8.68. The van der Waals surface area contributed by atoms with Crippen molar-refractivity contribution in [1.29, 1.82) is 0 Å². The summed E-state index contributed by atoms with van der Waals surface area (Å²) in [6, 6.07) is 7.90. The first-order valence-corrected chi connectivity index (χ1v) is 9.73. The Hall–Kier alpha value is -1.89. The van der Waals surface area contributed by atoms with Crippen molar-refractivity contribution in [3.8, 4) is 0 Å². The van der Waals surface area contributed by atoms with E-state index in [0.717, 1.165) is 46.4 Å². The highest BCUT2D eigenvalue weighted by molar-refractivity contribution is 14.0. The van der Waals surface area contributed by atoms with E-state index in [-0.39, 0.29) is 24.0 Å². The van der Waals surface area contributed by atoms with Crippen molar-refractivity contribution in [1.82, 2.24) is 25.6 Å². The summed E-state index contributed by atoms with van der Waals surface area (Å²) < 4.78 is 37.7. The van der Waals surface area contributed by atoms with Crippen LogP contribution in [0.25, 0.3) is 11.0 Å². The molecular formula is C18H22F3IN6S. The van der Waals surface area contributed by atoms with Gasteiger partial charge in [-0.15, -0.1) is 35.3 Å². The first-order valence-electron chi connectivity index (χ1n) is 8.85. The van der Waals surface area contributed by atoms with Crippen molar-refractivity contribution in [3.63, 3.8) is 0 Å². The number of hydrogen-bond donors (Lipinski definition) is 3. The summed E-state index contributed by atoms with van der Waals surface area (Å²) in [6.45, 7) is 1.15. The number of hydrogen-bond acceptors (Lipinski definition) is 4. The number of nitrogens with one attached hydrogen (secondary N) is 3. The van der Waals surface area contributed by atoms with Crippen molar-refractivity contribution < 1.29 is 13.2 Å². The van der Waals surface area contributed by atoms with Gasteiger partial charge in [0.15, 0.2) is 11.7 Å². The van der Waals surface area contributed by atoms with Crippen LogP contribution in [0.2, 0.25) is 0 Å². The third-order valence-corrected chi connectivity index (χ3v) is 4.93. The van der Waals surface area contributed by atoms with Gasteiger partial charge in [0.25, 0.3) is 0 Å². The Morgan fingerprint density at radius 2 is 1.90 bits per heavy atom. The summed E-state index contributed by atoms with van der Waals surface area (Å²) in [4.78, 5) is 15.6. The van der Waals surface area contributed by atoms with Crippen LogP contribution >= 0.6 is 35.3 Å². The minimum absolute atomic E-state index is 0. The van der Waals surface area contributed by atoms with Crippen molar-refractivity contribution in [2.45, 2.75) is 25.4 Å². The van der Waals surface area contributed by atoms with E-state index in [1.807, 2.05) is 24.3 Å². The molecule has 0 spiro atoms. The van der Waals surface area contributed by atoms with E-state index < -0.39 is 11.9 Å². The molecule has 3 rings (SSSR count). The molecule has 0 atom stereocenters. The molecule has 6 nitrogen and oxygen atoms in total. The second-order valence-electron chi connectivity index (χ2n) is 6.10. The molecule has 0 amide bonds. The molecule has 0 fully saturated rings. The number of aromatic nitrogens is 3. The summed E-state index contributed by atoms with van der Waals surface area (Å²) in [6.07, 6.45) is -2.32. The molecule has 0 radical (unpaired) electrons. The number of imidazole rings is 1. The van der Waals surface area contributed by atoms with E-state index in [0.29, 0.717) is 30.5 Å². The molecule has 0 saturated heterocycles. The van der Waals surface area contributed by atoms with Crippen molar-refractivity contribution >= 4 is 52.3 Å². The Balaban J connectivity index is 0.00000300. The molecule has 3 aromatic rings. The first kappa shape index (κ1) is 23.4. The molecule has 0 saturated carbocycles. The number of thiazole rings is 1. The van der Waals surface area contributed by atoms with Crippen LogP contribution in [0.3, 0.4) is 0 Å². The van der Waals surface area contributed by atoms with Gasteiger partial charge in [0.2, 0.25) is 0 Å². The van der Waals surface area contributed by atoms with Gasteiger partial charge in [0.05, 0.1) is 16.0 Å². The fraction of sp³-hybridized carbons (Fsp3) is 0.389. The van der Waals surface area contributed by atoms with E-state index >= 15 is 0 Å². The summed E-state index contributed by atoms with van der Waals surface area (Å²) in [5.41, 5.74) is 1.15. The fourth-order valence-electron chi connectivity index (χ4n) is 2.65. The number of benzene rings is 1. The number of nitrogens with zero attached hydrogens (tertiary/aromatic N) is 3. The molecule has 1 aromatic carbocycles. The zero-order valence-corrected chi connectivity index (χ0v) is 18.9. The van der Waals surface area contributed by atoms with E-state index in [1.54, 1.807) is 7.05 Å². The van der Waals surface area contributed by atoms with Crippen LogP contribution < -0.4 is 10.6 Å². The Morgan fingerprint density at radius 3 is 2.59 bits per heavy atom. The number of aryl methyl sites for hydroxylation is 1. The van der Waals surface area contributed by atoms with E-state index in [9.17, 15) is 13.2 Å². The number of alkyl halides is 3. The molecule has 0 aliphatic heterocycles. The first-order chi connectivity index (χ1) is 13.5. The number of rotatable bonds is 7. The van der Waals surface area contributed by atoms with Gasteiger partial charge in [-0.2, -0.15) is 13.2 Å². The van der Waals surface area contributed by atoms with Crippen molar-refractivity contribution in [2.75, 3.05) is 20.1 Å². The molecule has 0 aliphatic carbocycles. The molecule has 0 unspecified atom stereocenters. The average molecular weight is 538 g/mol. The van der Waals surface area contributed by atoms with Gasteiger partial charge >= 0.3 is 6.18 Å². The van der Waals surface area contributed by atoms with Gasteiger partial charge in [0, 0.05) is 38.4 Å². The second kappa shape index (κ2) is 10.8. The Morgan fingerprint density at radius 1 is 1.14 bits per heavy atom. The maximum Gasteiger partial charge on any atom is 0.434 e. The summed E-state index contributed by atoms with van der Waals surface area (Å²) in [5.74, 6) is 1.55. The lowest BCUT2D eigenvalue weighted by atomic mass is 10.3. The number of H-pyrrole nitrogens is 1. The number of aliphatic imine (C=N–C) groups is 1. The number of fused-ring (bicyclic) bond motifs is 1. The predicted octanol–water partition coefficient (Wildman–Crippen LogP) is 4.00. The van der Waals surface area contributed by atoms with Crippen LogP contribution in [0.5, 0.6) is 0 Å². The molecular weight excluding hydrogens is 516 g/mol. The zero-order valence-electron chi connectivity index (χ0n) is 15.7. The van der Waals surface area contributed by atoms with Crippen LogP contribution in [0.1, 0.15) is 22.9 Å². The lowest BCUT2D eigenvalue weighted by Crippen LogP contribution is -2.38. The summed E-state index contributed by atoms with van der Waals surface area (Å²) in [5, 5.41) is 7.76. The molecule has 158 valence electrons. The molecule has 3 N–H and O–H groups in total. The highest BCUT2D eigenvalue weighted by Crippen LogP contribution is 2.29. The van der Waals surface area contributed by atoms with Crippen LogP contribution in [0, 0.1) is 0 Å². The maximum absolute atomic E-state index is 12.6. The number of para-hydroxylation sites is 2. The van der Waals surface area contributed by atoms with Gasteiger partial charge in [-0.3, -0.25) is 4.99 Å². The summed E-state index contributed by atoms with van der Waals surface area (Å²) in [7, 11) is 1.65. The zero-order chi connectivity index (χ0) is 20.0. The third kappa shape index (κ3) is 6.84. The van der Waals surface area contributed by atoms with Gasteiger partial charge in [0.1, 0.15) is 5.82 Å². The van der Waals surface area contributed by atoms with Gasteiger partial charge in [-0.1, -0.05) is 12.1 Å². The smallest absolute Gasteiger partial charge is 0.356 e. The van der Waals surface area contributed by atoms with E-state index in [2.05, 4.69) is 30.6 Å². The minimum atomic E-state index is -4.39. The van der Waals surface area contributed by atoms with Crippen LogP contribution in [0.4, 0.5) is 13.2 Å². The number of aromatic amines is 1. The molecule has 2 aromatic heterocycles. The van der Waals surface area contributed by atoms with Crippen LogP contribution in [-0.4, -0.2) is 41.0 Å².